The Morgan fingerprint density at radius 2 is 2.25 bits per heavy atom. The summed E-state index contributed by atoms with van der Waals surface area (Å²) in [4.78, 5) is 14.6. The lowest BCUT2D eigenvalue weighted by Gasteiger charge is -2.29. The third-order valence-electron chi connectivity index (χ3n) is 3.83. The molecule has 0 fully saturated rings. The van der Waals surface area contributed by atoms with Crippen molar-refractivity contribution < 1.29 is 4.79 Å². The Balaban J connectivity index is 1.89. The van der Waals surface area contributed by atoms with Crippen LogP contribution in [0.5, 0.6) is 0 Å². The molecular formula is C14H19N5O. The summed E-state index contributed by atoms with van der Waals surface area (Å²) in [6, 6.07) is 1.69. The molecule has 0 bridgehead atoms. The molecule has 2 aromatic rings. The maximum atomic E-state index is 12.7. The van der Waals surface area contributed by atoms with Gasteiger partial charge in [0.15, 0.2) is 0 Å². The highest BCUT2D eigenvalue weighted by molar-refractivity contribution is 5.96. The Kier molecular flexibility index (Phi) is 3.08. The standard InChI is InChI=1S/C14H19N5O/c1-9-7-10(2)19(17-9)11(3)14(20)18-6-4-5-12-13(18)8-15-16-12/h7-8,11H,4-6H2,1-3H3,(H,15,16). The Morgan fingerprint density at radius 1 is 1.45 bits per heavy atom. The molecule has 1 atom stereocenters. The largest absolute Gasteiger partial charge is 0.307 e. The van der Waals surface area contributed by atoms with Gasteiger partial charge >= 0.3 is 0 Å². The summed E-state index contributed by atoms with van der Waals surface area (Å²) in [5.41, 5.74) is 3.90. The van der Waals surface area contributed by atoms with E-state index in [-0.39, 0.29) is 11.9 Å². The van der Waals surface area contributed by atoms with Crippen molar-refractivity contribution in [2.75, 3.05) is 11.4 Å². The molecular weight excluding hydrogens is 254 g/mol. The number of hydrogen-bond donors (Lipinski definition) is 1. The summed E-state index contributed by atoms with van der Waals surface area (Å²) in [6.07, 6.45) is 3.65. The van der Waals surface area contributed by atoms with E-state index in [0.29, 0.717) is 0 Å². The van der Waals surface area contributed by atoms with Gasteiger partial charge < -0.3 is 4.90 Å². The van der Waals surface area contributed by atoms with Crippen molar-refractivity contribution in [3.63, 3.8) is 0 Å². The van der Waals surface area contributed by atoms with Gasteiger partial charge in [0.2, 0.25) is 0 Å². The first-order valence-corrected chi connectivity index (χ1v) is 6.94. The van der Waals surface area contributed by atoms with E-state index in [2.05, 4.69) is 15.3 Å². The first-order chi connectivity index (χ1) is 9.58. The van der Waals surface area contributed by atoms with Gasteiger partial charge in [0, 0.05) is 12.2 Å². The maximum Gasteiger partial charge on any atom is 0.251 e. The molecule has 6 heteroatoms. The van der Waals surface area contributed by atoms with Gasteiger partial charge in [0.25, 0.3) is 5.91 Å². The van der Waals surface area contributed by atoms with E-state index in [0.717, 1.165) is 42.2 Å². The minimum absolute atomic E-state index is 0.0681. The van der Waals surface area contributed by atoms with Crippen molar-refractivity contribution in [3.05, 3.63) is 29.3 Å². The van der Waals surface area contributed by atoms with Crippen molar-refractivity contribution in [2.45, 2.75) is 39.7 Å². The molecule has 1 unspecified atom stereocenters. The molecule has 1 aliphatic heterocycles. The summed E-state index contributed by atoms with van der Waals surface area (Å²) in [5.74, 6) is 0.0681. The highest BCUT2D eigenvalue weighted by Gasteiger charge is 2.29. The van der Waals surface area contributed by atoms with Crippen molar-refractivity contribution >= 4 is 11.6 Å². The lowest BCUT2D eigenvalue weighted by Crippen LogP contribution is -2.39. The molecule has 0 saturated carbocycles. The first kappa shape index (κ1) is 12.9. The fraction of sp³-hybridized carbons (Fsp3) is 0.500. The van der Waals surface area contributed by atoms with Gasteiger partial charge in [0.05, 0.1) is 23.3 Å². The van der Waals surface area contributed by atoms with Crippen LogP contribution in [0.15, 0.2) is 12.3 Å². The predicted octanol–water partition coefficient (Wildman–Crippen LogP) is 1.76. The number of fused-ring (bicyclic) bond motifs is 1. The maximum absolute atomic E-state index is 12.7. The zero-order chi connectivity index (χ0) is 14.3. The molecule has 106 valence electrons. The SMILES string of the molecule is Cc1cc(C)n(C(C)C(=O)N2CCCc3[nH]ncc32)n1. The second-order valence-corrected chi connectivity index (χ2v) is 5.37. The van der Waals surface area contributed by atoms with Gasteiger partial charge in [-0.25, -0.2) is 0 Å². The topological polar surface area (TPSA) is 66.8 Å². The average molecular weight is 273 g/mol. The second kappa shape index (κ2) is 4.77. The van der Waals surface area contributed by atoms with E-state index in [1.807, 2.05) is 31.7 Å². The molecule has 1 amide bonds. The molecule has 3 rings (SSSR count). The van der Waals surface area contributed by atoms with Crippen LogP contribution < -0.4 is 4.90 Å². The highest BCUT2D eigenvalue weighted by Crippen LogP contribution is 2.27. The predicted molar refractivity (Wildman–Crippen MR) is 75.7 cm³/mol. The fourth-order valence-electron chi connectivity index (χ4n) is 2.85. The fourth-order valence-corrected chi connectivity index (χ4v) is 2.85. The van der Waals surface area contributed by atoms with Crippen LogP contribution >= 0.6 is 0 Å². The quantitative estimate of drug-likeness (QED) is 0.906. The number of aromatic amines is 1. The van der Waals surface area contributed by atoms with Crippen molar-refractivity contribution in [1.29, 1.82) is 0 Å². The first-order valence-electron chi connectivity index (χ1n) is 6.94. The number of aryl methyl sites for hydroxylation is 3. The summed E-state index contributed by atoms with van der Waals surface area (Å²) in [5, 5.41) is 11.4. The Hall–Kier alpha value is -2.11. The zero-order valence-electron chi connectivity index (χ0n) is 12.1. The lowest BCUT2D eigenvalue weighted by atomic mass is 10.1. The van der Waals surface area contributed by atoms with Crippen LogP contribution in [0, 0.1) is 13.8 Å². The average Bonchev–Trinajstić information content (AvgIpc) is 3.02. The number of amides is 1. The van der Waals surface area contributed by atoms with Crippen molar-refractivity contribution in [2.24, 2.45) is 0 Å². The molecule has 1 N–H and O–H groups in total. The van der Waals surface area contributed by atoms with Gasteiger partial charge in [-0.15, -0.1) is 0 Å². The van der Waals surface area contributed by atoms with Crippen LogP contribution in [0.4, 0.5) is 5.69 Å². The molecule has 6 nitrogen and oxygen atoms in total. The number of carbonyl (C=O) groups excluding carboxylic acids is 1. The van der Waals surface area contributed by atoms with E-state index >= 15 is 0 Å². The number of hydrogen-bond acceptors (Lipinski definition) is 3. The van der Waals surface area contributed by atoms with Gasteiger partial charge in [0.1, 0.15) is 6.04 Å². The van der Waals surface area contributed by atoms with Gasteiger partial charge in [-0.3, -0.25) is 14.6 Å². The number of rotatable bonds is 2. The van der Waals surface area contributed by atoms with E-state index in [1.165, 1.54) is 0 Å². The molecule has 2 aromatic heterocycles. The Morgan fingerprint density at radius 3 is 2.95 bits per heavy atom. The van der Waals surface area contributed by atoms with Crippen molar-refractivity contribution in [1.82, 2.24) is 20.0 Å². The number of nitrogens with one attached hydrogen (secondary N) is 1. The molecule has 0 aromatic carbocycles. The normalized spacial score (nSPS) is 16.1. The number of anilines is 1. The minimum Gasteiger partial charge on any atom is -0.307 e. The van der Waals surface area contributed by atoms with Crippen LogP contribution in [0.2, 0.25) is 0 Å². The van der Waals surface area contributed by atoms with E-state index in [4.69, 9.17) is 0 Å². The smallest absolute Gasteiger partial charge is 0.251 e. The summed E-state index contributed by atoms with van der Waals surface area (Å²) in [7, 11) is 0. The lowest BCUT2D eigenvalue weighted by molar-refractivity contribution is -0.121. The molecule has 3 heterocycles. The Bertz CT molecular complexity index is 642. The zero-order valence-corrected chi connectivity index (χ0v) is 12.1. The molecule has 20 heavy (non-hydrogen) atoms. The van der Waals surface area contributed by atoms with E-state index in [9.17, 15) is 4.79 Å². The monoisotopic (exact) mass is 273 g/mol. The van der Waals surface area contributed by atoms with Gasteiger partial charge in [-0.1, -0.05) is 0 Å². The van der Waals surface area contributed by atoms with Crippen LogP contribution in [-0.4, -0.2) is 32.4 Å². The van der Waals surface area contributed by atoms with Crippen LogP contribution in [-0.2, 0) is 11.2 Å². The van der Waals surface area contributed by atoms with Crippen LogP contribution in [0.1, 0.15) is 36.5 Å². The van der Waals surface area contributed by atoms with Crippen LogP contribution in [0.25, 0.3) is 0 Å². The third-order valence-corrected chi connectivity index (χ3v) is 3.83. The van der Waals surface area contributed by atoms with Crippen LogP contribution in [0.3, 0.4) is 0 Å². The highest BCUT2D eigenvalue weighted by atomic mass is 16.2. The Labute approximate surface area is 117 Å². The van der Waals surface area contributed by atoms with E-state index in [1.54, 1.807) is 10.9 Å². The van der Waals surface area contributed by atoms with Gasteiger partial charge in [-0.2, -0.15) is 10.2 Å². The van der Waals surface area contributed by atoms with Crippen molar-refractivity contribution in [3.8, 4) is 0 Å². The summed E-state index contributed by atoms with van der Waals surface area (Å²) in [6.45, 7) is 6.56. The molecule has 0 aliphatic carbocycles. The van der Waals surface area contributed by atoms with E-state index < -0.39 is 0 Å². The molecule has 0 radical (unpaired) electrons. The molecule has 1 aliphatic rings. The number of nitrogens with zero attached hydrogens (tertiary/aromatic N) is 4. The summed E-state index contributed by atoms with van der Waals surface area (Å²) >= 11 is 0. The second-order valence-electron chi connectivity index (χ2n) is 5.37. The molecule has 0 saturated heterocycles. The number of H-pyrrole nitrogens is 1. The number of carbonyl (C=O) groups is 1. The third kappa shape index (κ3) is 2.01. The minimum atomic E-state index is -0.301. The number of aromatic nitrogens is 4. The molecule has 0 spiro atoms. The van der Waals surface area contributed by atoms with Gasteiger partial charge in [-0.05, 0) is 39.7 Å². The summed E-state index contributed by atoms with van der Waals surface area (Å²) < 4.78 is 1.80.